The quantitative estimate of drug-likeness (QED) is 0.351. The summed E-state index contributed by atoms with van der Waals surface area (Å²) in [5, 5.41) is 11.3. The minimum atomic E-state index is 0.163. The van der Waals surface area contributed by atoms with Crippen LogP contribution in [-0.4, -0.2) is 25.1 Å². The molecule has 0 aromatic heterocycles. The van der Waals surface area contributed by atoms with Crippen molar-refractivity contribution in [2.24, 2.45) is 5.16 Å². The first-order chi connectivity index (χ1) is 7.31. The Labute approximate surface area is 88.1 Å². The molecule has 78 valence electrons. The lowest BCUT2D eigenvalue weighted by Crippen LogP contribution is -1.97. The van der Waals surface area contributed by atoms with Crippen LogP contribution in [0.2, 0.25) is 0 Å². The molecule has 0 aliphatic heterocycles. The van der Waals surface area contributed by atoms with Crippen LogP contribution in [0.5, 0.6) is 11.5 Å². The molecular formula is C11H11NO3. The van der Waals surface area contributed by atoms with Gasteiger partial charge in [0.05, 0.1) is 13.3 Å². The summed E-state index contributed by atoms with van der Waals surface area (Å²) in [5.41, 5.74) is 0.699. The molecule has 4 nitrogen and oxygen atoms in total. The van der Waals surface area contributed by atoms with Crippen molar-refractivity contribution in [2.75, 3.05) is 13.7 Å². The van der Waals surface area contributed by atoms with Crippen LogP contribution in [0.4, 0.5) is 0 Å². The molecule has 4 heteroatoms. The van der Waals surface area contributed by atoms with Crippen molar-refractivity contribution < 1.29 is 14.7 Å². The molecule has 0 fully saturated rings. The second-order valence-corrected chi connectivity index (χ2v) is 2.65. The Kier molecular flexibility index (Phi) is 4.05. The Hall–Kier alpha value is -2.15. The van der Waals surface area contributed by atoms with E-state index in [-0.39, 0.29) is 6.61 Å². The van der Waals surface area contributed by atoms with Crippen molar-refractivity contribution in [2.45, 2.75) is 0 Å². The third-order valence-electron chi connectivity index (χ3n) is 1.71. The van der Waals surface area contributed by atoms with Crippen molar-refractivity contribution >= 4 is 6.21 Å². The molecule has 0 saturated heterocycles. The summed E-state index contributed by atoms with van der Waals surface area (Å²) < 4.78 is 10.3. The first-order valence-electron chi connectivity index (χ1n) is 4.23. The number of hydrogen-bond donors (Lipinski definition) is 1. The fourth-order valence-electron chi connectivity index (χ4n) is 1.07. The fraction of sp³-hybridized carbons (Fsp3) is 0.182. The predicted octanol–water partition coefficient (Wildman–Crippen LogP) is 1.52. The lowest BCUT2D eigenvalue weighted by Gasteiger charge is -2.08. The molecule has 0 bridgehead atoms. The van der Waals surface area contributed by atoms with Gasteiger partial charge >= 0.3 is 0 Å². The summed E-state index contributed by atoms with van der Waals surface area (Å²) >= 11 is 0. The van der Waals surface area contributed by atoms with E-state index in [1.54, 1.807) is 18.2 Å². The highest BCUT2D eigenvalue weighted by molar-refractivity contribution is 5.80. The number of oxime groups is 1. The van der Waals surface area contributed by atoms with E-state index >= 15 is 0 Å². The number of benzene rings is 1. The first-order valence-corrected chi connectivity index (χ1v) is 4.23. The molecule has 1 N–H and O–H groups in total. The molecule has 0 heterocycles. The molecule has 0 aliphatic rings. The van der Waals surface area contributed by atoms with E-state index in [1.165, 1.54) is 13.3 Å². The molecule has 0 spiro atoms. The van der Waals surface area contributed by atoms with E-state index in [9.17, 15) is 0 Å². The van der Waals surface area contributed by atoms with Gasteiger partial charge in [0.1, 0.15) is 6.61 Å². The van der Waals surface area contributed by atoms with Crippen LogP contribution in [-0.2, 0) is 0 Å². The first kappa shape index (κ1) is 10.9. The largest absolute Gasteiger partial charge is 0.493 e. The summed E-state index contributed by atoms with van der Waals surface area (Å²) in [6.45, 7) is 0.163. The normalized spacial score (nSPS) is 9.87. The molecule has 0 atom stereocenters. The van der Waals surface area contributed by atoms with Crippen LogP contribution in [0, 0.1) is 12.3 Å². The molecule has 0 amide bonds. The fourth-order valence-corrected chi connectivity index (χ4v) is 1.07. The molecule has 1 aromatic carbocycles. The van der Waals surface area contributed by atoms with E-state index < -0.39 is 0 Å². The summed E-state index contributed by atoms with van der Waals surface area (Å²) in [7, 11) is 1.54. The zero-order chi connectivity index (χ0) is 11.1. The van der Waals surface area contributed by atoms with Gasteiger partial charge < -0.3 is 14.7 Å². The van der Waals surface area contributed by atoms with Crippen molar-refractivity contribution in [1.29, 1.82) is 0 Å². The lowest BCUT2D eigenvalue weighted by atomic mass is 10.2. The minimum Gasteiger partial charge on any atom is -0.493 e. The Balaban J connectivity index is 2.97. The molecular weight excluding hydrogens is 194 g/mol. The number of hydrogen-bond acceptors (Lipinski definition) is 4. The molecule has 0 radical (unpaired) electrons. The SMILES string of the molecule is C#CCOc1cc(/C=N\O)ccc1OC. The van der Waals surface area contributed by atoms with Gasteiger partial charge in [0.2, 0.25) is 0 Å². The highest BCUT2D eigenvalue weighted by Crippen LogP contribution is 2.27. The van der Waals surface area contributed by atoms with Gasteiger partial charge in [-0.15, -0.1) is 6.42 Å². The van der Waals surface area contributed by atoms with Crippen LogP contribution in [0.1, 0.15) is 5.56 Å². The Morgan fingerprint density at radius 1 is 1.53 bits per heavy atom. The molecule has 1 aromatic rings. The van der Waals surface area contributed by atoms with Crippen LogP contribution < -0.4 is 9.47 Å². The van der Waals surface area contributed by atoms with Crippen LogP contribution in [0.25, 0.3) is 0 Å². The highest BCUT2D eigenvalue weighted by atomic mass is 16.5. The van der Waals surface area contributed by atoms with E-state index in [0.717, 1.165) is 0 Å². The van der Waals surface area contributed by atoms with Gasteiger partial charge in [-0.1, -0.05) is 11.1 Å². The molecule has 0 saturated carbocycles. The number of rotatable bonds is 4. The summed E-state index contributed by atoms with van der Waals surface area (Å²) in [5.74, 6) is 3.46. The van der Waals surface area contributed by atoms with Crippen LogP contribution in [0.15, 0.2) is 23.4 Å². The second-order valence-electron chi connectivity index (χ2n) is 2.65. The van der Waals surface area contributed by atoms with Gasteiger partial charge in [-0.3, -0.25) is 0 Å². The summed E-state index contributed by atoms with van der Waals surface area (Å²) in [6, 6.07) is 5.13. The monoisotopic (exact) mass is 205 g/mol. The summed E-state index contributed by atoms with van der Waals surface area (Å²) in [6.07, 6.45) is 6.38. The van der Waals surface area contributed by atoms with E-state index in [0.29, 0.717) is 17.1 Å². The number of nitrogens with zero attached hydrogens (tertiary/aromatic N) is 1. The van der Waals surface area contributed by atoms with Crippen molar-refractivity contribution in [3.63, 3.8) is 0 Å². The van der Waals surface area contributed by atoms with Gasteiger partial charge in [0, 0.05) is 5.56 Å². The van der Waals surface area contributed by atoms with Gasteiger partial charge in [-0.05, 0) is 18.2 Å². The Morgan fingerprint density at radius 3 is 2.93 bits per heavy atom. The predicted molar refractivity (Wildman–Crippen MR) is 56.7 cm³/mol. The minimum absolute atomic E-state index is 0.163. The Morgan fingerprint density at radius 2 is 2.33 bits per heavy atom. The average molecular weight is 205 g/mol. The Bertz CT molecular complexity index is 393. The standard InChI is InChI=1S/C11H11NO3/c1-3-6-15-11-7-9(8-12-13)4-5-10(11)14-2/h1,4-5,7-8,13H,6H2,2H3/b12-8-. The van der Waals surface area contributed by atoms with Crippen LogP contribution in [0.3, 0.4) is 0 Å². The maximum absolute atomic E-state index is 8.38. The number of ether oxygens (including phenoxy) is 2. The van der Waals surface area contributed by atoms with Crippen molar-refractivity contribution in [3.8, 4) is 23.8 Å². The highest BCUT2D eigenvalue weighted by Gasteiger charge is 2.04. The molecule has 1 rings (SSSR count). The van der Waals surface area contributed by atoms with E-state index in [4.69, 9.17) is 21.1 Å². The van der Waals surface area contributed by atoms with Gasteiger partial charge in [-0.25, -0.2) is 0 Å². The van der Waals surface area contributed by atoms with E-state index in [2.05, 4.69) is 11.1 Å². The maximum Gasteiger partial charge on any atom is 0.163 e. The average Bonchev–Trinajstić information content (AvgIpc) is 2.27. The molecule has 0 aliphatic carbocycles. The van der Waals surface area contributed by atoms with Crippen molar-refractivity contribution in [3.05, 3.63) is 23.8 Å². The van der Waals surface area contributed by atoms with Crippen molar-refractivity contribution in [1.82, 2.24) is 0 Å². The maximum atomic E-state index is 8.38. The second kappa shape index (κ2) is 5.55. The van der Waals surface area contributed by atoms with Crippen LogP contribution >= 0.6 is 0 Å². The smallest absolute Gasteiger partial charge is 0.163 e. The van der Waals surface area contributed by atoms with Gasteiger partial charge in [0.15, 0.2) is 11.5 Å². The van der Waals surface area contributed by atoms with Gasteiger partial charge in [-0.2, -0.15) is 0 Å². The molecule has 15 heavy (non-hydrogen) atoms. The lowest BCUT2D eigenvalue weighted by molar-refractivity contribution is 0.321. The van der Waals surface area contributed by atoms with Gasteiger partial charge in [0.25, 0.3) is 0 Å². The van der Waals surface area contributed by atoms with E-state index in [1.807, 2.05) is 0 Å². The number of terminal acetylenes is 1. The third kappa shape index (κ3) is 2.92. The zero-order valence-electron chi connectivity index (χ0n) is 8.30. The summed E-state index contributed by atoms with van der Waals surface area (Å²) in [4.78, 5) is 0. The number of methoxy groups -OCH3 is 1. The topological polar surface area (TPSA) is 51.0 Å². The zero-order valence-corrected chi connectivity index (χ0v) is 8.30. The third-order valence-corrected chi connectivity index (χ3v) is 1.71. The molecule has 0 unspecified atom stereocenters.